The number of aliphatic hydroxyl groups is 1. The molecule has 0 bridgehead atoms. The Labute approximate surface area is 128 Å². The van der Waals surface area contributed by atoms with Gasteiger partial charge in [-0.2, -0.15) is 0 Å². The predicted octanol–water partition coefficient (Wildman–Crippen LogP) is 3.97. The normalized spacial score (nSPS) is 22.4. The molecular formula is C16H21NOS2. The molecule has 1 aliphatic rings. The minimum absolute atomic E-state index is 0.355. The van der Waals surface area contributed by atoms with Crippen LogP contribution in [-0.2, 0) is 6.54 Å². The van der Waals surface area contributed by atoms with E-state index in [2.05, 4.69) is 34.3 Å². The minimum Gasteiger partial charge on any atom is -0.396 e. The molecule has 1 fully saturated rings. The highest BCUT2D eigenvalue weighted by atomic mass is 32.1. The zero-order chi connectivity index (χ0) is 13.8. The fraction of sp³-hybridized carbons (Fsp3) is 0.500. The first-order valence-corrected chi connectivity index (χ1v) is 9.05. The molecule has 2 heterocycles. The molecule has 1 aliphatic carbocycles. The molecule has 2 aromatic rings. The monoisotopic (exact) mass is 307 g/mol. The van der Waals surface area contributed by atoms with Crippen LogP contribution in [0.3, 0.4) is 0 Å². The highest BCUT2D eigenvalue weighted by Gasteiger charge is 2.25. The molecule has 2 nitrogen and oxygen atoms in total. The third-order valence-corrected chi connectivity index (χ3v) is 6.07. The highest BCUT2D eigenvalue weighted by molar-refractivity contribution is 7.14. The van der Waals surface area contributed by atoms with Crippen molar-refractivity contribution in [3.05, 3.63) is 33.8 Å². The van der Waals surface area contributed by atoms with Crippen molar-refractivity contribution in [1.82, 2.24) is 5.32 Å². The summed E-state index contributed by atoms with van der Waals surface area (Å²) < 4.78 is 0. The minimum atomic E-state index is 0.355. The summed E-state index contributed by atoms with van der Waals surface area (Å²) in [5.41, 5.74) is 1.34. The molecule has 0 aliphatic heterocycles. The van der Waals surface area contributed by atoms with E-state index in [1.165, 1.54) is 34.6 Å². The van der Waals surface area contributed by atoms with Gasteiger partial charge in [-0.05, 0) is 54.1 Å². The van der Waals surface area contributed by atoms with Crippen LogP contribution in [0.25, 0.3) is 10.4 Å². The molecule has 4 heteroatoms. The molecule has 20 heavy (non-hydrogen) atoms. The molecule has 2 atom stereocenters. The summed E-state index contributed by atoms with van der Waals surface area (Å²) in [4.78, 5) is 2.75. The number of thiophene rings is 2. The molecule has 0 radical (unpaired) electrons. The van der Waals surface area contributed by atoms with Gasteiger partial charge >= 0.3 is 0 Å². The molecule has 0 saturated heterocycles. The Morgan fingerprint density at radius 3 is 2.95 bits per heavy atom. The van der Waals surface area contributed by atoms with E-state index in [0.717, 1.165) is 13.1 Å². The fourth-order valence-corrected chi connectivity index (χ4v) is 4.69. The van der Waals surface area contributed by atoms with Crippen LogP contribution in [0.15, 0.2) is 29.0 Å². The Bertz CT molecular complexity index is 520. The average molecular weight is 307 g/mol. The summed E-state index contributed by atoms with van der Waals surface area (Å²) >= 11 is 3.63. The summed E-state index contributed by atoms with van der Waals surface area (Å²) in [6.07, 6.45) is 3.74. The zero-order valence-electron chi connectivity index (χ0n) is 11.5. The highest BCUT2D eigenvalue weighted by Crippen LogP contribution is 2.31. The lowest BCUT2D eigenvalue weighted by molar-refractivity contribution is 0.192. The van der Waals surface area contributed by atoms with Crippen LogP contribution in [0.4, 0.5) is 0 Å². The Balaban J connectivity index is 1.49. The van der Waals surface area contributed by atoms with Crippen LogP contribution >= 0.6 is 22.7 Å². The maximum atomic E-state index is 9.34. The SMILES string of the molecule is OCC1CCCC1CNCc1cc(-c2cccs2)cs1. The van der Waals surface area contributed by atoms with Crippen molar-refractivity contribution in [2.45, 2.75) is 25.8 Å². The van der Waals surface area contributed by atoms with E-state index in [1.54, 1.807) is 11.3 Å². The second-order valence-corrected chi connectivity index (χ2v) is 7.49. The lowest BCUT2D eigenvalue weighted by Gasteiger charge is -2.17. The van der Waals surface area contributed by atoms with Crippen molar-refractivity contribution < 1.29 is 5.11 Å². The maximum Gasteiger partial charge on any atom is 0.0462 e. The standard InChI is InChI=1S/C16H21NOS2/c18-10-13-4-1-3-12(13)8-17-9-15-7-14(11-20-15)16-5-2-6-19-16/h2,5-7,11-13,17-18H,1,3-4,8-10H2. The summed E-state index contributed by atoms with van der Waals surface area (Å²) in [5.74, 6) is 1.18. The molecular weight excluding hydrogens is 286 g/mol. The van der Waals surface area contributed by atoms with Crippen LogP contribution in [-0.4, -0.2) is 18.3 Å². The molecule has 1 saturated carbocycles. The van der Waals surface area contributed by atoms with Gasteiger partial charge < -0.3 is 10.4 Å². The van der Waals surface area contributed by atoms with Gasteiger partial charge in [0.25, 0.3) is 0 Å². The number of nitrogens with one attached hydrogen (secondary N) is 1. The van der Waals surface area contributed by atoms with Crippen molar-refractivity contribution in [1.29, 1.82) is 0 Å². The van der Waals surface area contributed by atoms with Crippen LogP contribution in [0.2, 0.25) is 0 Å². The summed E-state index contributed by atoms with van der Waals surface area (Å²) in [6.45, 7) is 2.34. The third kappa shape index (κ3) is 3.31. The van der Waals surface area contributed by atoms with Gasteiger partial charge in [0.2, 0.25) is 0 Å². The predicted molar refractivity (Wildman–Crippen MR) is 87.3 cm³/mol. The van der Waals surface area contributed by atoms with E-state index < -0.39 is 0 Å². The van der Waals surface area contributed by atoms with Crippen molar-refractivity contribution in [2.75, 3.05) is 13.2 Å². The van der Waals surface area contributed by atoms with Crippen LogP contribution in [0.5, 0.6) is 0 Å². The second kappa shape index (κ2) is 6.85. The Hall–Kier alpha value is -0.680. The van der Waals surface area contributed by atoms with Gasteiger partial charge in [0, 0.05) is 28.5 Å². The Kier molecular flexibility index (Phi) is 4.89. The van der Waals surface area contributed by atoms with Crippen molar-refractivity contribution in [2.24, 2.45) is 11.8 Å². The van der Waals surface area contributed by atoms with Gasteiger partial charge in [-0.15, -0.1) is 22.7 Å². The van der Waals surface area contributed by atoms with Gasteiger partial charge in [0.05, 0.1) is 0 Å². The lowest BCUT2D eigenvalue weighted by atomic mass is 9.97. The summed E-state index contributed by atoms with van der Waals surface area (Å²) in [7, 11) is 0. The van der Waals surface area contributed by atoms with E-state index in [9.17, 15) is 5.11 Å². The first-order chi connectivity index (χ1) is 9.86. The van der Waals surface area contributed by atoms with Crippen LogP contribution in [0.1, 0.15) is 24.1 Å². The van der Waals surface area contributed by atoms with E-state index in [4.69, 9.17) is 0 Å². The molecule has 0 spiro atoms. The number of rotatable bonds is 6. The second-order valence-electron chi connectivity index (χ2n) is 5.54. The van der Waals surface area contributed by atoms with Crippen molar-refractivity contribution in [3.63, 3.8) is 0 Å². The molecule has 2 aromatic heterocycles. The van der Waals surface area contributed by atoms with E-state index in [-0.39, 0.29) is 0 Å². The van der Waals surface area contributed by atoms with Crippen LogP contribution < -0.4 is 5.32 Å². The third-order valence-electron chi connectivity index (χ3n) is 4.22. The van der Waals surface area contributed by atoms with E-state index >= 15 is 0 Å². The molecule has 0 amide bonds. The molecule has 3 rings (SSSR count). The Morgan fingerprint density at radius 1 is 1.25 bits per heavy atom. The quantitative estimate of drug-likeness (QED) is 0.846. The maximum absolute atomic E-state index is 9.34. The van der Waals surface area contributed by atoms with Gasteiger partial charge in [0.1, 0.15) is 0 Å². The summed E-state index contributed by atoms with van der Waals surface area (Å²) in [5, 5.41) is 17.3. The first-order valence-electron chi connectivity index (χ1n) is 7.29. The topological polar surface area (TPSA) is 32.3 Å². The van der Waals surface area contributed by atoms with Crippen molar-refractivity contribution in [3.8, 4) is 10.4 Å². The zero-order valence-corrected chi connectivity index (χ0v) is 13.2. The van der Waals surface area contributed by atoms with E-state index in [0.29, 0.717) is 18.4 Å². The lowest BCUT2D eigenvalue weighted by Crippen LogP contribution is -2.26. The van der Waals surface area contributed by atoms with Gasteiger partial charge in [0.15, 0.2) is 0 Å². The average Bonchev–Trinajstić information content (AvgIpc) is 3.20. The number of hydrogen-bond donors (Lipinski definition) is 2. The summed E-state index contributed by atoms with van der Waals surface area (Å²) in [6, 6.07) is 6.57. The largest absolute Gasteiger partial charge is 0.396 e. The Morgan fingerprint density at radius 2 is 2.15 bits per heavy atom. The first kappa shape index (κ1) is 14.3. The fourth-order valence-electron chi connectivity index (χ4n) is 3.05. The van der Waals surface area contributed by atoms with Gasteiger partial charge in [-0.3, -0.25) is 0 Å². The smallest absolute Gasteiger partial charge is 0.0462 e. The van der Waals surface area contributed by atoms with E-state index in [1.807, 2.05) is 11.3 Å². The molecule has 108 valence electrons. The van der Waals surface area contributed by atoms with Crippen molar-refractivity contribution >= 4 is 22.7 Å². The molecule has 2 N–H and O–H groups in total. The number of hydrogen-bond acceptors (Lipinski definition) is 4. The van der Waals surface area contributed by atoms with Gasteiger partial charge in [-0.1, -0.05) is 12.5 Å². The molecule has 2 unspecified atom stereocenters. The number of aliphatic hydroxyl groups excluding tert-OH is 1. The van der Waals surface area contributed by atoms with Crippen LogP contribution in [0, 0.1) is 11.8 Å². The molecule has 0 aromatic carbocycles. The van der Waals surface area contributed by atoms with Gasteiger partial charge in [-0.25, -0.2) is 0 Å².